The van der Waals surface area contributed by atoms with E-state index in [0.29, 0.717) is 70.4 Å². The quantitative estimate of drug-likeness (QED) is 0.659. The van der Waals surface area contributed by atoms with Crippen LogP contribution in [-0.4, -0.2) is 81.0 Å². The lowest BCUT2D eigenvalue weighted by atomic mass is 10.1. The van der Waals surface area contributed by atoms with Gasteiger partial charge in [-0.05, 0) is 25.0 Å². The van der Waals surface area contributed by atoms with Crippen LogP contribution in [0.25, 0.3) is 0 Å². The zero-order valence-electron chi connectivity index (χ0n) is 18.6. The maximum absolute atomic E-state index is 12.8. The molecule has 0 unspecified atom stereocenters. The summed E-state index contributed by atoms with van der Waals surface area (Å²) in [7, 11) is -3.53. The van der Waals surface area contributed by atoms with Crippen molar-refractivity contribution in [2.24, 2.45) is 0 Å². The van der Waals surface area contributed by atoms with Crippen LogP contribution in [-0.2, 0) is 14.8 Å². The van der Waals surface area contributed by atoms with Crippen LogP contribution in [0, 0.1) is 18.3 Å². The molecule has 0 atom stereocenters. The minimum absolute atomic E-state index is 0.0622. The smallest absolute Gasteiger partial charge is 0.240 e. The number of sulfonamides is 1. The van der Waals surface area contributed by atoms with Gasteiger partial charge in [-0.25, -0.2) is 18.1 Å². The lowest BCUT2D eigenvalue weighted by Gasteiger charge is -2.37. The second-order valence-electron chi connectivity index (χ2n) is 8.35. The molecule has 176 valence electrons. The number of nitrogens with zero attached hydrogens (tertiary/aromatic N) is 5. The van der Waals surface area contributed by atoms with Crippen molar-refractivity contribution in [1.82, 2.24) is 19.5 Å². The summed E-state index contributed by atoms with van der Waals surface area (Å²) in [5.41, 5.74) is 0.276. The van der Waals surface area contributed by atoms with Crippen LogP contribution in [0.4, 0.5) is 5.88 Å². The first kappa shape index (κ1) is 23.2. The summed E-state index contributed by atoms with van der Waals surface area (Å²) in [5.74, 6) is 0.990. The number of carbonyl (C=O) groups is 1. The SMILES string of the molecule is Cc1nc(C#N)c(N2CCN(C(=O)CN3CCC(NS(=O)(=O)c4ccccc4)CC3)CC2)o1. The van der Waals surface area contributed by atoms with Gasteiger partial charge in [-0.3, -0.25) is 9.69 Å². The highest BCUT2D eigenvalue weighted by atomic mass is 32.2. The first-order valence-corrected chi connectivity index (χ1v) is 12.5. The summed E-state index contributed by atoms with van der Waals surface area (Å²) in [4.78, 5) is 23.0. The Kier molecular flexibility index (Phi) is 6.97. The van der Waals surface area contributed by atoms with Gasteiger partial charge in [-0.2, -0.15) is 5.26 Å². The Labute approximate surface area is 193 Å². The number of piperidine rings is 1. The normalized spacial score (nSPS) is 18.3. The van der Waals surface area contributed by atoms with Crippen LogP contribution in [0.2, 0.25) is 0 Å². The van der Waals surface area contributed by atoms with E-state index in [4.69, 9.17) is 4.42 Å². The summed E-state index contributed by atoms with van der Waals surface area (Å²) in [6.07, 6.45) is 1.32. The number of nitriles is 1. The van der Waals surface area contributed by atoms with Crippen molar-refractivity contribution >= 4 is 21.8 Å². The number of piperazine rings is 1. The lowest BCUT2D eigenvalue weighted by molar-refractivity contribution is -0.133. The Hall–Kier alpha value is -2.94. The molecule has 0 bridgehead atoms. The summed E-state index contributed by atoms with van der Waals surface area (Å²) < 4.78 is 33.4. The predicted octanol–water partition coefficient (Wildman–Crippen LogP) is 0.946. The van der Waals surface area contributed by atoms with Crippen molar-refractivity contribution in [3.8, 4) is 6.07 Å². The van der Waals surface area contributed by atoms with Gasteiger partial charge in [0.25, 0.3) is 0 Å². The van der Waals surface area contributed by atoms with Crippen LogP contribution < -0.4 is 9.62 Å². The second kappa shape index (κ2) is 9.91. The highest BCUT2D eigenvalue weighted by Gasteiger charge is 2.29. The molecular formula is C22H28N6O4S. The van der Waals surface area contributed by atoms with Gasteiger partial charge in [0.2, 0.25) is 27.5 Å². The molecule has 0 spiro atoms. The third-order valence-corrected chi connectivity index (χ3v) is 7.60. The summed E-state index contributed by atoms with van der Waals surface area (Å²) in [6.45, 7) is 5.63. The third kappa shape index (κ3) is 5.52. The maximum atomic E-state index is 12.8. The molecule has 1 aromatic heterocycles. The molecule has 1 aromatic carbocycles. The zero-order chi connectivity index (χ0) is 23.4. The molecule has 1 amide bonds. The number of amides is 1. The molecule has 11 heteroatoms. The van der Waals surface area contributed by atoms with E-state index in [9.17, 15) is 18.5 Å². The Morgan fingerprint density at radius 1 is 1.15 bits per heavy atom. The molecule has 4 rings (SSSR count). The zero-order valence-corrected chi connectivity index (χ0v) is 19.4. The highest BCUT2D eigenvalue weighted by Crippen LogP contribution is 2.23. The van der Waals surface area contributed by atoms with Gasteiger partial charge in [0.1, 0.15) is 6.07 Å². The molecule has 2 fully saturated rings. The van der Waals surface area contributed by atoms with Crippen molar-refractivity contribution in [1.29, 1.82) is 5.26 Å². The Bertz CT molecular complexity index is 1110. The van der Waals surface area contributed by atoms with Gasteiger partial charge >= 0.3 is 0 Å². The van der Waals surface area contributed by atoms with E-state index >= 15 is 0 Å². The first-order chi connectivity index (χ1) is 15.9. The van der Waals surface area contributed by atoms with Crippen LogP contribution in [0.15, 0.2) is 39.6 Å². The Balaban J connectivity index is 1.23. The van der Waals surface area contributed by atoms with Gasteiger partial charge in [-0.1, -0.05) is 18.2 Å². The number of nitrogens with one attached hydrogen (secondary N) is 1. The summed E-state index contributed by atoms with van der Waals surface area (Å²) in [5, 5.41) is 9.22. The van der Waals surface area contributed by atoms with E-state index in [-0.39, 0.29) is 22.5 Å². The number of hydrogen-bond acceptors (Lipinski definition) is 8. The molecule has 0 saturated carbocycles. The van der Waals surface area contributed by atoms with Crippen molar-refractivity contribution in [3.63, 3.8) is 0 Å². The van der Waals surface area contributed by atoms with Crippen LogP contribution >= 0.6 is 0 Å². The standard InChI is InChI=1S/C22H28N6O4S/c1-17-24-20(15-23)22(32-17)28-13-11-27(12-14-28)21(29)16-26-9-7-18(8-10-26)25-33(30,31)19-5-3-2-4-6-19/h2-6,18,25H,7-14,16H2,1H3. The summed E-state index contributed by atoms with van der Waals surface area (Å²) >= 11 is 0. The molecule has 0 radical (unpaired) electrons. The van der Waals surface area contributed by atoms with Gasteiger partial charge in [-0.15, -0.1) is 0 Å². The number of hydrogen-bond donors (Lipinski definition) is 1. The molecule has 2 aromatic rings. The average Bonchev–Trinajstić information content (AvgIpc) is 3.21. The number of likely N-dealkylation sites (tertiary alicyclic amines) is 1. The molecule has 33 heavy (non-hydrogen) atoms. The molecule has 10 nitrogen and oxygen atoms in total. The largest absolute Gasteiger partial charge is 0.424 e. The number of rotatable bonds is 6. The number of benzene rings is 1. The van der Waals surface area contributed by atoms with E-state index in [1.54, 1.807) is 37.3 Å². The number of carbonyl (C=O) groups excluding carboxylic acids is 1. The molecule has 0 aliphatic carbocycles. The molecule has 1 N–H and O–H groups in total. The molecule has 2 saturated heterocycles. The maximum Gasteiger partial charge on any atom is 0.240 e. The van der Waals surface area contributed by atoms with Crippen LogP contribution in [0.5, 0.6) is 0 Å². The van der Waals surface area contributed by atoms with Crippen LogP contribution in [0.1, 0.15) is 24.4 Å². The van der Waals surface area contributed by atoms with Crippen LogP contribution in [0.3, 0.4) is 0 Å². The fourth-order valence-corrected chi connectivity index (χ4v) is 5.58. The molecule has 2 aliphatic rings. The fourth-order valence-electron chi connectivity index (χ4n) is 4.25. The highest BCUT2D eigenvalue weighted by molar-refractivity contribution is 7.89. The monoisotopic (exact) mass is 472 g/mol. The van der Waals surface area contributed by atoms with Crippen molar-refractivity contribution < 1.29 is 17.6 Å². The molecule has 3 heterocycles. The Morgan fingerprint density at radius 3 is 2.45 bits per heavy atom. The second-order valence-corrected chi connectivity index (χ2v) is 10.1. The first-order valence-electron chi connectivity index (χ1n) is 11.1. The van der Waals surface area contributed by atoms with Gasteiger partial charge in [0.05, 0.1) is 11.4 Å². The summed E-state index contributed by atoms with van der Waals surface area (Å²) in [6, 6.07) is 10.3. The van der Waals surface area contributed by atoms with E-state index in [1.165, 1.54) is 0 Å². The van der Waals surface area contributed by atoms with E-state index in [0.717, 1.165) is 0 Å². The number of aromatic nitrogens is 1. The lowest BCUT2D eigenvalue weighted by Crippen LogP contribution is -2.53. The van der Waals surface area contributed by atoms with Gasteiger partial charge in [0, 0.05) is 52.2 Å². The fraction of sp³-hybridized carbons (Fsp3) is 0.500. The van der Waals surface area contributed by atoms with E-state index in [1.807, 2.05) is 9.80 Å². The Morgan fingerprint density at radius 2 is 1.82 bits per heavy atom. The predicted molar refractivity (Wildman–Crippen MR) is 121 cm³/mol. The minimum Gasteiger partial charge on any atom is -0.424 e. The molecule has 2 aliphatic heterocycles. The number of aryl methyl sites for hydroxylation is 1. The molecular weight excluding hydrogens is 444 g/mol. The number of anilines is 1. The van der Waals surface area contributed by atoms with Gasteiger partial charge < -0.3 is 14.2 Å². The van der Waals surface area contributed by atoms with E-state index < -0.39 is 10.0 Å². The van der Waals surface area contributed by atoms with Crippen molar-refractivity contribution in [2.45, 2.75) is 30.7 Å². The average molecular weight is 473 g/mol. The topological polar surface area (TPSA) is 123 Å². The van der Waals surface area contributed by atoms with Crippen molar-refractivity contribution in [2.75, 3.05) is 50.7 Å². The number of oxazole rings is 1. The van der Waals surface area contributed by atoms with Crippen molar-refractivity contribution in [3.05, 3.63) is 41.9 Å². The third-order valence-electron chi connectivity index (χ3n) is 6.06. The minimum atomic E-state index is -3.53. The van der Waals surface area contributed by atoms with E-state index in [2.05, 4.69) is 20.7 Å². The van der Waals surface area contributed by atoms with Gasteiger partial charge in [0.15, 0.2) is 5.89 Å².